The first-order valence-corrected chi connectivity index (χ1v) is 5.96. The number of hydrogen-bond acceptors (Lipinski definition) is 3. The second kappa shape index (κ2) is 5.27. The van der Waals surface area contributed by atoms with Gasteiger partial charge in [0.1, 0.15) is 0 Å². The van der Waals surface area contributed by atoms with Crippen LogP contribution in [0.4, 0.5) is 0 Å². The molecule has 0 aromatic heterocycles. The molecular formula is C9H17N3S. The summed E-state index contributed by atoms with van der Waals surface area (Å²) in [6.45, 7) is 6.04. The second-order valence-corrected chi connectivity index (χ2v) is 3.63. The summed E-state index contributed by atoms with van der Waals surface area (Å²) in [5.41, 5.74) is 1.29. The average molecular weight is 199 g/mol. The van der Waals surface area contributed by atoms with Gasteiger partial charge < -0.3 is 0 Å². The Bertz CT molecular complexity index is 223. The molecule has 4 heteroatoms. The quantitative estimate of drug-likeness (QED) is 0.504. The first-order chi connectivity index (χ1) is 6.31. The van der Waals surface area contributed by atoms with E-state index in [0.717, 1.165) is 31.1 Å². The highest BCUT2D eigenvalue weighted by molar-refractivity contribution is 8.13. The fraction of sp³-hybridized carbons (Fsp3) is 0.778. The van der Waals surface area contributed by atoms with E-state index in [1.807, 2.05) is 11.3 Å². The molecule has 0 aliphatic carbocycles. The van der Waals surface area contributed by atoms with Crippen LogP contribution in [0, 0.1) is 0 Å². The molecule has 0 aromatic rings. The van der Waals surface area contributed by atoms with Crippen molar-refractivity contribution in [2.24, 2.45) is 10.1 Å². The SMILES string of the molecule is CC/N=C(/SC)N1CCC(CC)=N1. The third kappa shape index (κ3) is 2.72. The Morgan fingerprint density at radius 3 is 2.85 bits per heavy atom. The van der Waals surface area contributed by atoms with E-state index in [1.165, 1.54) is 5.71 Å². The lowest BCUT2D eigenvalue weighted by Gasteiger charge is -2.13. The lowest BCUT2D eigenvalue weighted by molar-refractivity contribution is 0.499. The molecule has 0 atom stereocenters. The maximum atomic E-state index is 4.49. The van der Waals surface area contributed by atoms with Gasteiger partial charge in [0, 0.05) is 25.2 Å². The van der Waals surface area contributed by atoms with Crippen LogP contribution < -0.4 is 0 Å². The zero-order valence-corrected chi connectivity index (χ0v) is 9.39. The van der Waals surface area contributed by atoms with Crippen molar-refractivity contribution in [1.82, 2.24) is 5.01 Å². The Morgan fingerprint density at radius 2 is 2.38 bits per heavy atom. The van der Waals surface area contributed by atoms with Gasteiger partial charge in [-0.2, -0.15) is 5.10 Å². The predicted octanol–water partition coefficient (Wildman–Crippen LogP) is 2.20. The summed E-state index contributed by atoms with van der Waals surface area (Å²) < 4.78 is 0. The molecule has 0 bridgehead atoms. The number of aliphatic imine (C=N–C) groups is 1. The first-order valence-electron chi connectivity index (χ1n) is 4.74. The van der Waals surface area contributed by atoms with Crippen LogP contribution in [0.5, 0.6) is 0 Å². The topological polar surface area (TPSA) is 28.0 Å². The average Bonchev–Trinajstić information content (AvgIpc) is 2.62. The normalized spacial score (nSPS) is 17.9. The van der Waals surface area contributed by atoms with Gasteiger partial charge in [0.05, 0.1) is 0 Å². The second-order valence-electron chi connectivity index (χ2n) is 2.85. The van der Waals surface area contributed by atoms with Gasteiger partial charge in [-0.05, 0) is 19.6 Å². The van der Waals surface area contributed by atoms with Gasteiger partial charge >= 0.3 is 0 Å². The lowest BCUT2D eigenvalue weighted by Crippen LogP contribution is -2.20. The molecule has 3 nitrogen and oxygen atoms in total. The van der Waals surface area contributed by atoms with Gasteiger partial charge in [0.15, 0.2) is 5.17 Å². The molecule has 0 saturated heterocycles. The molecular weight excluding hydrogens is 182 g/mol. The zero-order chi connectivity index (χ0) is 9.68. The minimum Gasteiger partial charge on any atom is -0.261 e. The standard InChI is InChI=1S/C9H17N3S/c1-4-8-6-7-12(11-8)9(13-3)10-5-2/h4-7H2,1-3H3/b10-9+. The van der Waals surface area contributed by atoms with Crippen molar-refractivity contribution in [3.05, 3.63) is 0 Å². The lowest BCUT2D eigenvalue weighted by atomic mass is 10.2. The first kappa shape index (κ1) is 10.6. The van der Waals surface area contributed by atoms with Crippen molar-refractivity contribution in [2.75, 3.05) is 19.3 Å². The molecule has 0 N–H and O–H groups in total. The number of thioether (sulfide) groups is 1. The van der Waals surface area contributed by atoms with E-state index >= 15 is 0 Å². The summed E-state index contributed by atoms with van der Waals surface area (Å²) in [7, 11) is 0. The molecule has 0 aromatic carbocycles. The largest absolute Gasteiger partial charge is 0.261 e. The van der Waals surface area contributed by atoms with Crippen LogP contribution in [-0.4, -0.2) is 35.2 Å². The van der Waals surface area contributed by atoms with Crippen LogP contribution in [0.15, 0.2) is 10.1 Å². The number of amidine groups is 1. The van der Waals surface area contributed by atoms with Crippen molar-refractivity contribution >= 4 is 22.6 Å². The fourth-order valence-corrected chi connectivity index (χ4v) is 1.88. The smallest absolute Gasteiger partial charge is 0.179 e. The van der Waals surface area contributed by atoms with Crippen LogP contribution in [0.2, 0.25) is 0 Å². The molecule has 74 valence electrons. The Balaban J connectivity index is 2.62. The van der Waals surface area contributed by atoms with E-state index < -0.39 is 0 Å². The van der Waals surface area contributed by atoms with Crippen LogP contribution >= 0.6 is 11.8 Å². The molecule has 13 heavy (non-hydrogen) atoms. The number of hydrazone groups is 1. The van der Waals surface area contributed by atoms with E-state index in [4.69, 9.17) is 0 Å². The van der Waals surface area contributed by atoms with Crippen LogP contribution in [0.3, 0.4) is 0 Å². The Kier molecular flexibility index (Phi) is 4.28. The van der Waals surface area contributed by atoms with Crippen LogP contribution in [0.1, 0.15) is 26.7 Å². The fourth-order valence-electron chi connectivity index (χ4n) is 1.28. The van der Waals surface area contributed by atoms with Crippen molar-refractivity contribution in [2.45, 2.75) is 26.7 Å². The molecule has 1 rings (SSSR count). The number of rotatable bonds is 2. The van der Waals surface area contributed by atoms with E-state index in [9.17, 15) is 0 Å². The van der Waals surface area contributed by atoms with Crippen LogP contribution in [0.25, 0.3) is 0 Å². The molecule has 0 unspecified atom stereocenters. The van der Waals surface area contributed by atoms with Crippen molar-refractivity contribution in [3.8, 4) is 0 Å². The molecule has 0 amide bonds. The minimum atomic E-state index is 0.837. The summed E-state index contributed by atoms with van der Waals surface area (Å²) in [5, 5.41) is 7.56. The molecule has 1 heterocycles. The maximum Gasteiger partial charge on any atom is 0.179 e. The van der Waals surface area contributed by atoms with E-state index in [1.54, 1.807) is 11.8 Å². The summed E-state index contributed by atoms with van der Waals surface area (Å²) in [4.78, 5) is 4.39. The van der Waals surface area contributed by atoms with Crippen LogP contribution in [-0.2, 0) is 0 Å². The van der Waals surface area contributed by atoms with Gasteiger partial charge in [0.25, 0.3) is 0 Å². The van der Waals surface area contributed by atoms with Gasteiger partial charge in [0.2, 0.25) is 0 Å². The van der Waals surface area contributed by atoms with Crippen molar-refractivity contribution in [1.29, 1.82) is 0 Å². The van der Waals surface area contributed by atoms with Gasteiger partial charge in [-0.3, -0.25) is 4.99 Å². The summed E-state index contributed by atoms with van der Waals surface area (Å²) in [6, 6.07) is 0. The van der Waals surface area contributed by atoms with Gasteiger partial charge in [-0.25, -0.2) is 5.01 Å². The van der Waals surface area contributed by atoms with Crippen molar-refractivity contribution in [3.63, 3.8) is 0 Å². The van der Waals surface area contributed by atoms with Crippen molar-refractivity contribution < 1.29 is 0 Å². The third-order valence-electron chi connectivity index (χ3n) is 1.98. The zero-order valence-electron chi connectivity index (χ0n) is 8.58. The summed E-state index contributed by atoms with van der Waals surface area (Å²) >= 11 is 1.67. The predicted molar refractivity (Wildman–Crippen MR) is 60.5 cm³/mol. The molecule has 0 spiro atoms. The van der Waals surface area contributed by atoms with E-state index in [-0.39, 0.29) is 0 Å². The number of nitrogens with zero attached hydrogens (tertiary/aromatic N) is 3. The molecule has 1 aliphatic rings. The Labute approximate surface area is 84.3 Å². The summed E-state index contributed by atoms with van der Waals surface area (Å²) in [6.07, 6.45) is 4.21. The van der Waals surface area contributed by atoms with E-state index in [0.29, 0.717) is 0 Å². The Hall–Kier alpha value is -0.510. The highest BCUT2D eigenvalue weighted by Gasteiger charge is 2.16. The highest BCUT2D eigenvalue weighted by Crippen LogP contribution is 2.14. The molecule has 0 radical (unpaired) electrons. The Morgan fingerprint density at radius 1 is 1.62 bits per heavy atom. The van der Waals surface area contributed by atoms with Gasteiger partial charge in [-0.1, -0.05) is 18.7 Å². The molecule has 0 saturated carbocycles. The van der Waals surface area contributed by atoms with E-state index in [2.05, 4.69) is 23.9 Å². The molecule has 1 aliphatic heterocycles. The minimum absolute atomic E-state index is 0.837. The molecule has 0 fully saturated rings. The monoisotopic (exact) mass is 199 g/mol. The number of hydrogen-bond donors (Lipinski definition) is 0. The summed E-state index contributed by atoms with van der Waals surface area (Å²) in [5.74, 6) is 0. The maximum absolute atomic E-state index is 4.49. The highest BCUT2D eigenvalue weighted by atomic mass is 32.2. The third-order valence-corrected chi connectivity index (χ3v) is 2.68. The van der Waals surface area contributed by atoms with Gasteiger partial charge in [-0.15, -0.1) is 0 Å².